The highest BCUT2D eigenvalue weighted by atomic mass is 35.5. The maximum absolute atomic E-state index is 6.14. The minimum Gasteiger partial charge on any atom is -0.326 e. The summed E-state index contributed by atoms with van der Waals surface area (Å²) in [5, 5.41) is 0. The Balaban J connectivity index is 1.74. The van der Waals surface area contributed by atoms with E-state index in [0.29, 0.717) is 5.88 Å². The van der Waals surface area contributed by atoms with Gasteiger partial charge >= 0.3 is 0 Å². The highest BCUT2D eigenvalue weighted by Gasteiger charge is 2.39. The molecule has 2 saturated carbocycles. The van der Waals surface area contributed by atoms with Crippen molar-refractivity contribution in [3.63, 3.8) is 0 Å². The van der Waals surface area contributed by atoms with Crippen molar-refractivity contribution >= 4 is 22.6 Å². The van der Waals surface area contributed by atoms with Crippen LogP contribution in [-0.2, 0) is 12.4 Å². The van der Waals surface area contributed by atoms with Gasteiger partial charge in [-0.25, -0.2) is 4.98 Å². The van der Waals surface area contributed by atoms with E-state index in [1.807, 2.05) is 0 Å². The van der Waals surface area contributed by atoms with Crippen LogP contribution in [-0.4, -0.2) is 9.55 Å². The smallest absolute Gasteiger partial charge is 0.124 e. The maximum atomic E-state index is 6.14. The molecule has 106 valence electrons. The summed E-state index contributed by atoms with van der Waals surface area (Å²) in [5.74, 6) is 4.34. The number of hydrogen-bond acceptors (Lipinski definition) is 1. The summed E-state index contributed by atoms with van der Waals surface area (Å²) in [6, 6.07) is 6.37. The van der Waals surface area contributed by atoms with Crippen molar-refractivity contribution in [2.24, 2.45) is 17.8 Å². The third kappa shape index (κ3) is 1.88. The lowest BCUT2D eigenvalue weighted by Gasteiger charge is -2.23. The zero-order chi connectivity index (χ0) is 13.7. The molecular weight excluding hydrogens is 268 g/mol. The van der Waals surface area contributed by atoms with Gasteiger partial charge in [-0.1, -0.05) is 18.6 Å². The van der Waals surface area contributed by atoms with Crippen LogP contribution in [0.25, 0.3) is 11.0 Å². The first-order valence-electron chi connectivity index (χ1n) is 7.77. The summed E-state index contributed by atoms with van der Waals surface area (Å²) in [6.45, 7) is 3.30. The minimum absolute atomic E-state index is 0.509. The number of fused-ring (bicyclic) bond motifs is 3. The molecule has 0 aliphatic heterocycles. The van der Waals surface area contributed by atoms with Gasteiger partial charge in [0, 0.05) is 6.54 Å². The number of para-hydroxylation sites is 1. The molecule has 0 saturated heterocycles. The Hall–Kier alpha value is -1.02. The highest BCUT2D eigenvalue weighted by Crippen LogP contribution is 2.49. The fraction of sp³-hybridized carbons (Fsp3) is 0.588. The highest BCUT2D eigenvalue weighted by molar-refractivity contribution is 6.16. The first-order valence-corrected chi connectivity index (χ1v) is 8.30. The predicted molar refractivity (Wildman–Crippen MR) is 83.0 cm³/mol. The van der Waals surface area contributed by atoms with Crippen LogP contribution in [0, 0.1) is 24.7 Å². The Kier molecular flexibility index (Phi) is 3.03. The second-order valence-corrected chi connectivity index (χ2v) is 6.92. The van der Waals surface area contributed by atoms with E-state index in [4.69, 9.17) is 16.6 Å². The fourth-order valence-electron chi connectivity index (χ4n) is 4.55. The number of aromatic nitrogens is 2. The second-order valence-electron chi connectivity index (χ2n) is 6.65. The normalized spacial score (nSPS) is 28.6. The van der Waals surface area contributed by atoms with E-state index in [1.165, 1.54) is 36.8 Å². The minimum atomic E-state index is 0.509. The van der Waals surface area contributed by atoms with Crippen LogP contribution < -0.4 is 0 Å². The van der Waals surface area contributed by atoms with Crippen molar-refractivity contribution in [2.75, 3.05) is 0 Å². The number of rotatable bonds is 3. The molecule has 0 spiro atoms. The quantitative estimate of drug-likeness (QED) is 0.759. The monoisotopic (exact) mass is 288 g/mol. The zero-order valence-corrected chi connectivity index (χ0v) is 12.7. The van der Waals surface area contributed by atoms with Crippen molar-refractivity contribution in [2.45, 2.75) is 45.0 Å². The van der Waals surface area contributed by atoms with Crippen molar-refractivity contribution in [1.82, 2.24) is 9.55 Å². The number of imidazole rings is 1. The average Bonchev–Trinajstić information content (AvgIpc) is 3.13. The molecule has 2 aliphatic rings. The molecule has 0 N–H and O–H groups in total. The van der Waals surface area contributed by atoms with Gasteiger partial charge in [0.2, 0.25) is 0 Å². The van der Waals surface area contributed by atoms with Gasteiger partial charge in [-0.3, -0.25) is 0 Å². The van der Waals surface area contributed by atoms with Crippen LogP contribution >= 0.6 is 11.6 Å². The molecule has 4 rings (SSSR count). The topological polar surface area (TPSA) is 17.8 Å². The molecule has 2 aliphatic carbocycles. The lowest BCUT2D eigenvalue weighted by atomic mass is 9.88. The van der Waals surface area contributed by atoms with Crippen molar-refractivity contribution in [3.05, 3.63) is 29.6 Å². The van der Waals surface area contributed by atoms with E-state index in [9.17, 15) is 0 Å². The van der Waals surface area contributed by atoms with Crippen LogP contribution in [0.2, 0.25) is 0 Å². The Morgan fingerprint density at radius 3 is 2.90 bits per heavy atom. The van der Waals surface area contributed by atoms with Crippen LogP contribution in [0.3, 0.4) is 0 Å². The Morgan fingerprint density at radius 2 is 2.20 bits per heavy atom. The van der Waals surface area contributed by atoms with E-state index in [-0.39, 0.29) is 0 Å². The summed E-state index contributed by atoms with van der Waals surface area (Å²) >= 11 is 6.14. The fourth-order valence-corrected chi connectivity index (χ4v) is 4.75. The number of alkyl halides is 1. The molecule has 1 aromatic heterocycles. The SMILES string of the molecule is Cc1cccc2nc(CCl)n(CC3CC4CCC3C4)c12. The van der Waals surface area contributed by atoms with Crippen LogP contribution in [0.5, 0.6) is 0 Å². The number of aryl methyl sites for hydroxylation is 1. The Morgan fingerprint density at radius 1 is 1.30 bits per heavy atom. The van der Waals surface area contributed by atoms with Crippen molar-refractivity contribution < 1.29 is 0 Å². The molecule has 1 heterocycles. The first kappa shape index (κ1) is 12.7. The summed E-state index contributed by atoms with van der Waals surface area (Å²) in [5.41, 5.74) is 3.71. The van der Waals surface area contributed by atoms with E-state index in [2.05, 4.69) is 29.7 Å². The number of halogens is 1. The number of benzene rings is 1. The number of nitrogens with zero attached hydrogens (tertiary/aromatic N) is 2. The van der Waals surface area contributed by atoms with Crippen LogP contribution in [0.4, 0.5) is 0 Å². The molecule has 1 aromatic carbocycles. The van der Waals surface area contributed by atoms with Crippen LogP contribution in [0.15, 0.2) is 18.2 Å². The van der Waals surface area contributed by atoms with Crippen molar-refractivity contribution in [3.8, 4) is 0 Å². The lowest BCUT2D eigenvalue weighted by molar-refractivity contribution is 0.296. The summed E-state index contributed by atoms with van der Waals surface area (Å²) < 4.78 is 2.41. The van der Waals surface area contributed by atoms with E-state index < -0.39 is 0 Å². The molecule has 20 heavy (non-hydrogen) atoms. The van der Waals surface area contributed by atoms with Gasteiger partial charge in [0.05, 0.1) is 16.9 Å². The maximum Gasteiger partial charge on any atom is 0.124 e. The molecular formula is C17H21ClN2. The summed E-state index contributed by atoms with van der Waals surface area (Å²) in [4.78, 5) is 4.73. The van der Waals surface area contributed by atoms with Gasteiger partial charge < -0.3 is 4.57 Å². The molecule has 3 heteroatoms. The Labute approximate surface area is 125 Å². The third-order valence-corrected chi connectivity index (χ3v) is 5.71. The average molecular weight is 289 g/mol. The second kappa shape index (κ2) is 4.77. The van der Waals surface area contributed by atoms with Gasteiger partial charge in [0.1, 0.15) is 5.82 Å². The molecule has 2 aromatic rings. The van der Waals surface area contributed by atoms with Gasteiger partial charge in [-0.05, 0) is 55.6 Å². The molecule has 2 bridgehead atoms. The van der Waals surface area contributed by atoms with E-state index >= 15 is 0 Å². The summed E-state index contributed by atoms with van der Waals surface area (Å²) in [7, 11) is 0. The molecule has 2 fully saturated rings. The van der Waals surface area contributed by atoms with Gasteiger partial charge in [-0.2, -0.15) is 0 Å². The number of hydrogen-bond donors (Lipinski definition) is 0. The molecule has 3 unspecified atom stereocenters. The zero-order valence-electron chi connectivity index (χ0n) is 12.0. The lowest BCUT2D eigenvalue weighted by Crippen LogP contribution is -2.18. The van der Waals surface area contributed by atoms with Crippen molar-refractivity contribution in [1.29, 1.82) is 0 Å². The molecule has 2 nitrogen and oxygen atoms in total. The first-order chi connectivity index (χ1) is 9.76. The van der Waals surface area contributed by atoms with E-state index in [0.717, 1.165) is 35.6 Å². The molecule has 0 amide bonds. The standard InChI is InChI=1S/C17H21ClN2/c1-11-3-2-4-15-17(11)20(16(9-18)19-15)10-14-8-12-5-6-13(14)7-12/h2-4,12-14H,5-10H2,1H3. The predicted octanol–water partition coefficient (Wildman–Crippen LogP) is 4.52. The summed E-state index contributed by atoms with van der Waals surface area (Å²) in [6.07, 6.45) is 5.79. The third-order valence-electron chi connectivity index (χ3n) is 5.47. The Bertz CT molecular complexity index is 646. The van der Waals surface area contributed by atoms with Gasteiger partial charge in [0.15, 0.2) is 0 Å². The van der Waals surface area contributed by atoms with Gasteiger partial charge in [-0.15, -0.1) is 11.6 Å². The van der Waals surface area contributed by atoms with E-state index in [1.54, 1.807) is 0 Å². The molecule has 3 atom stereocenters. The molecule has 0 radical (unpaired) electrons. The van der Waals surface area contributed by atoms with Gasteiger partial charge in [0.25, 0.3) is 0 Å². The van der Waals surface area contributed by atoms with Crippen LogP contribution in [0.1, 0.15) is 37.1 Å². The largest absolute Gasteiger partial charge is 0.326 e.